The summed E-state index contributed by atoms with van der Waals surface area (Å²) < 4.78 is 0. The van der Waals surface area contributed by atoms with Crippen LogP contribution >= 0.6 is 0 Å². The van der Waals surface area contributed by atoms with Crippen LogP contribution in [0, 0.1) is 107 Å². The smallest absolute Gasteiger partial charge is 0.0321 e. The SMILES string of the molecule is C1CCC(C2CC(C3CCCCC3)CC(C3CCC(C4CCC(C5CCCC6CCCCC65)CC4)C4CC5C6CCCCC6CCC5C34)C2)CC1. The van der Waals surface area contributed by atoms with Crippen LogP contribution in [0.4, 0.5) is 0 Å². The average molecular weight is 697 g/mol. The van der Waals surface area contributed by atoms with Gasteiger partial charge in [-0.05, 0) is 203 Å². The molecule has 0 aromatic rings. The number of rotatable bonds is 5. The molecular formula is C51H84. The van der Waals surface area contributed by atoms with Crippen LogP contribution in [0.25, 0.3) is 0 Å². The highest BCUT2D eigenvalue weighted by Crippen LogP contribution is 2.66. The van der Waals surface area contributed by atoms with Crippen LogP contribution in [0.1, 0.15) is 212 Å². The second-order valence-electron chi connectivity index (χ2n) is 22.8. The maximum atomic E-state index is 1.72. The summed E-state index contributed by atoms with van der Waals surface area (Å²) in [4.78, 5) is 0. The van der Waals surface area contributed by atoms with Crippen molar-refractivity contribution in [3.63, 3.8) is 0 Å². The Bertz CT molecular complexity index is 1070. The van der Waals surface area contributed by atoms with Crippen molar-refractivity contribution in [2.75, 3.05) is 0 Å². The van der Waals surface area contributed by atoms with Gasteiger partial charge in [-0.25, -0.2) is 0 Å². The topological polar surface area (TPSA) is 0 Å². The molecule has 10 aliphatic carbocycles. The first-order valence-electron chi connectivity index (χ1n) is 25.3. The molecular weight excluding hydrogens is 613 g/mol. The summed E-state index contributed by atoms with van der Waals surface area (Å²) in [5, 5.41) is 0. The molecule has 10 rings (SSSR count). The monoisotopic (exact) mass is 697 g/mol. The molecule has 0 aromatic heterocycles. The minimum Gasteiger partial charge on any atom is -0.0533 e. The molecule has 0 radical (unpaired) electrons. The summed E-state index contributed by atoms with van der Waals surface area (Å²) in [5.41, 5.74) is 0. The van der Waals surface area contributed by atoms with Crippen LogP contribution < -0.4 is 0 Å². The van der Waals surface area contributed by atoms with Gasteiger partial charge >= 0.3 is 0 Å². The van der Waals surface area contributed by atoms with Gasteiger partial charge in [0.1, 0.15) is 0 Å². The molecule has 0 aromatic carbocycles. The summed E-state index contributed by atoms with van der Waals surface area (Å²) in [6.45, 7) is 0. The highest BCUT2D eigenvalue weighted by atomic mass is 14.6. The molecule has 13 unspecified atom stereocenters. The molecule has 0 nitrogen and oxygen atoms in total. The Morgan fingerprint density at radius 1 is 0.157 bits per heavy atom. The van der Waals surface area contributed by atoms with Crippen LogP contribution in [0.3, 0.4) is 0 Å². The number of fused-ring (bicyclic) bond motifs is 6. The van der Waals surface area contributed by atoms with E-state index in [0.29, 0.717) is 0 Å². The average Bonchev–Trinajstić information content (AvgIpc) is 3.61. The summed E-state index contributed by atoms with van der Waals surface area (Å²) in [6, 6.07) is 0. The number of hydrogen-bond acceptors (Lipinski definition) is 0. The molecule has 0 saturated heterocycles. The quantitative estimate of drug-likeness (QED) is 0.268. The van der Waals surface area contributed by atoms with Gasteiger partial charge in [0.05, 0.1) is 0 Å². The van der Waals surface area contributed by atoms with Gasteiger partial charge in [-0.1, -0.05) is 116 Å². The molecule has 10 aliphatic rings. The van der Waals surface area contributed by atoms with Crippen LogP contribution in [0.2, 0.25) is 0 Å². The predicted molar refractivity (Wildman–Crippen MR) is 215 cm³/mol. The maximum absolute atomic E-state index is 1.72. The molecule has 10 saturated carbocycles. The molecule has 0 aliphatic heterocycles. The van der Waals surface area contributed by atoms with E-state index in [-0.39, 0.29) is 0 Å². The summed E-state index contributed by atoms with van der Waals surface area (Å²) in [6.07, 6.45) is 53.2. The van der Waals surface area contributed by atoms with Crippen molar-refractivity contribution in [1.82, 2.24) is 0 Å². The van der Waals surface area contributed by atoms with E-state index in [4.69, 9.17) is 0 Å². The van der Waals surface area contributed by atoms with Gasteiger partial charge < -0.3 is 0 Å². The lowest BCUT2D eigenvalue weighted by Crippen LogP contribution is -2.45. The van der Waals surface area contributed by atoms with E-state index in [1.54, 1.807) is 212 Å². The Labute approximate surface area is 317 Å². The van der Waals surface area contributed by atoms with E-state index < -0.39 is 0 Å². The highest BCUT2D eigenvalue weighted by Gasteiger charge is 2.58. The third-order valence-corrected chi connectivity index (χ3v) is 21.1. The van der Waals surface area contributed by atoms with Gasteiger partial charge in [-0.15, -0.1) is 0 Å². The molecule has 0 spiro atoms. The van der Waals surface area contributed by atoms with Crippen molar-refractivity contribution in [3.05, 3.63) is 0 Å². The lowest BCUT2D eigenvalue weighted by Gasteiger charge is -2.53. The van der Waals surface area contributed by atoms with Gasteiger partial charge in [0.15, 0.2) is 0 Å². The Balaban J connectivity index is 0.889. The zero-order valence-electron chi connectivity index (χ0n) is 33.7. The largest absolute Gasteiger partial charge is 0.0533 e. The molecule has 0 amide bonds. The predicted octanol–water partition coefficient (Wildman–Crippen LogP) is 15.1. The molecule has 51 heavy (non-hydrogen) atoms. The van der Waals surface area contributed by atoms with Crippen molar-refractivity contribution in [3.8, 4) is 0 Å². The highest BCUT2D eigenvalue weighted by molar-refractivity contribution is 5.07. The van der Waals surface area contributed by atoms with Gasteiger partial charge in [0.25, 0.3) is 0 Å². The lowest BCUT2D eigenvalue weighted by molar-refractivity contribution is -0.0384. The van der Waals surface area contributed by atoms with Crippen molar-refractivity contribution in [2.45, 2.75) is 212 Å². The molecule has 0 N–H and O–H groups in total. The van der Waals surface area contributed by atoms with Gasteiger partial charge in [-0.3, -0.25) is 0 Å². The summed E-state index contributed by atoms with van der Waals surface area (Å²) in [5.74, 6) is 20.3. The van der Waals surface area contributed by atoms with E-state index in [2.05, 4.69) is 0 Å². The third-order valence-electron chi connectivity index (χ3n) is 21.1. The second-order valence-corrected chi connectivity index (χ2v) is 22.8. The zero-order valence-corrected chi connectivity index (χ0v) is 33.7. The fourth-order valence-electron chi connectivity index (χ4n) is 19.1. The normalized spacial score (nSPS) is 51.5. The second kappa shape index (κ2) is 15.9. The molecule has 0 heterocycles. The van der Waals surface area contributed by atoms with E-state index in [0.717, 1.165) is 107 Å². The third kappa shape index (κ3) is 7.03. The molecule has 10 fully saturated rings. The minimum absolute atomic E-state index is 1.11. The maximum Gasteiger partial charge on any atom is -0.0321 e. The summed E-state index contributed by atoms with van der Waals surface area (Å²) >= 11 is 0. The number of hydrogen-bond donors (Lipinski definition) is 0. The van der Waals surface area contributed by atoms with Crippen LogP contribution in [-0.4, -0.2) is 0 Å². The van der Waals surface area contributed by atoms with Crippen LogP contribution in [0.15, 0.2) is 0 Å². The zero-order chi connectivity index (χ0) is 33.7. The fourth-order valence-corrected chi connectivity index (χ4v) is 19.1. The summed E-state index contributed by atoms with van der Waals surface area (Å²) in [7, 11) is 0. The lowest BCUT2D eigenvalue weighted by atomic mass is 9.52. The molecule has 13 atom stereocenters. The Hall–Kier alpha value is 0. The standard InChI is InChI=1S/C51H84/c1-3-12-34(13-4-1)40-30-41(35-14-5-2-6-15-35)32-42(31-40)47-29-28-46(50-33-49-45-20-10-8-17-37(45)26-27-48(49)51(47)50)39-24-22-38(23-25-39)44-21-11-18-36-16-7-9-19-43(36)44/h34-51H,1-33H2. The van der Waals surface area contributed by atoms with E-state index >= 15 is 0 Å². The molecule has 288 valence electrons. The van der Waals surface area contributed by atoms with Gasteiger partial charge in [0.2, 0.25) is 0 Å². The first kappa shape index (κ1) is 35.4. The Kier molecular flexibility index (Phi) is 11.0. The molecule has 0 heteroatoms. The van der Waals surface area contributed by atoms with Crippen molar-refractivity contribution < 1.29 is 0 Å². The van der Waals surface area contributed by atoms with E-state index in [1.165, 1.54) is 0 Å². The Morgan fingerprint density at radius 3 is 1.16 bits per heavy atom. The van der Waals surface area contributed by atoms with Crippen molar-refractivity contribution in [2.24, 2.45) is 107 Å². The molecule has 0 bridgehead atoms. The Morgan fingerprint density at radius 2 is 0.529 bits per heavy atom. The van der Waals surface area contributed by atoms with Crippen LogP contribution in [-0.2, 0) is 0 Å². The van der Waals surface area contributed by atoms with E-state index in [1.807, 2.05) is 0 Å². The minimum atomic E-state index is 1.11. The first-order chi connectivity index (χ1) is 25.3. The fraction of sp³-hybridized carbons (Fsp3) is 1.00. The first-order valence-corrected chi connectivity index (χ1v) is 25.3. The van der Waals surface area contributed by atoms with Crippen LogP contribution in [0.5, 0.6) is 0 Å². The van der Waals surface area contributed by atoms with Crippen molar-refractivity contribution in [1.29, 1.82) is 0 Å². The van der Waals surface area contributed by atoms with Gasteiger partial charge in [-0.2, -0.15) is 0 Å². The van der Waals surface area contributed by atoms with Crippen molar-refractivity contribution >= 4 is 0 Å². The van der Waals surface area contributed by atoms with E-state index in [9.17, 15) is 0 Å². The van der Waals surface area contributed by atoms with Gasteiger partial charge in [0, 0.05) is 0 Å².